The molecule has 1 aliphatic heterocycles. The van der Waals surface area contributed by atoms with Gasteiger partial charge in [-0.05, 0) is 43.5 Å². The number of aromatic nitrogens is 1. The van der Waals surface area contributed by atoms with Crippen molar-refractivity contribution in [1.82, 2.24) is 20.9 Å². The molecule has 0 aromatic carbocycles. The molecular formula is C15H24Cl2N4O2. The molecule has 3 N–H and O–H groups in total. The van der Waals surface area contributed by atoms with Gasteiger partial charge in [-0.15, -0.1) is 24.8 Å². The van der Waals surface area contributed by atoms with Crippen LogP contribution in [0.3, 0.4) is 0 Å². The molecule has 130 valence electrons. The molecule has 1 fully saturated rings. The molecule has 1 aromatic rings. The van der Waals surface area contributed by atoms with E-state index in [1.165, 1.54) is 0 Å². The first-order chi connectivity index (χ1) is 10.1. The first-order valence-corrected chi connectivity index (χ1v) is 7.26. The van der Waals surface area contributed by atoms with Gasteiger partial charge in [0.2, 0.25) is 5.91 Å². The van der Waals surface area contributed by atoms with Crippen LogP contribution in [0, 0.1) is 5.41 Å². The number of carbonyl (C=O) groups is 2. The number of amides is 2. The lowest BCUT2D eigenvalue weighted by molar-refractivity contribution is -0.120. The van der Waals surface area contributed by atoms with E-state index in [0.717, 1.165) is 25.9 Å². The number of nitrogens with zero attached hydrogens (tertiary/aromatic N) is 1. The molecule has 6 nitrogen and oxygen atoms in total. The molecule has 0 unspecified atom stereocenters. The fourth-order valence-electron chi connectivity index (χ4n) is 2.33. The highest BCUT2D eigenvalue weighted by Gasteiger charge is 2.26. The molecule has 0 bridgehead atoms. The van der Waals surface area contributed by atoms with E-state index < -0.39 is 0 Å². The van der Waals surface area contributed by atoms with Crippen molar-refractivity contribution in [3.63, 3.8) is 0 Å². The summed E-state index contributed by atoms with van der Waals surface area (Å²) < 4.78 is 0. The second kappa shape index (κ2) is 10.4. The van der Waals surface area contributed by atoms with Crippen LogP contribution in [-0.2, 0) is 4.79 Å². The van der Waals surface area contributed by atoms with E-state index in [2.05, 4.69) is 27.9 Å². The highest BCUT2D eigenvalue weighted by Crippen LogP contribution is 2.26. The molecule has 1 aromatic heterocycles. The summed E-state index contributed by atoms with van der Waals surface area (Å²) in [5.41, 5.74) is 0.460. The average Bonchev–Trinajstić information content (AvgIpc) is 2.52. The molecule has 2 amide bonds. The predicted molar refractivity (Wildman–Crippen MR) is 94.3 cm³/mol. The van der Waals surface area contributed by atoms with Crippen molar-refractivity contribution in [2.75, 3.05) is 26.2 Å². The van der Waals surface area contributed by atoms with Crippen molar-refractivity contribution in [2.24, 2.45) is 5.41 Å². The Bertz CT molecular complexity index is 494. The van der Waals surface area contributed by atoms with Crippen LogP contribution in [0.15, 0.2) is 24.4 Å². The highest BCUT2D eigenvalue weighted by atomic mass is 35.5. The SMILES string of the molecule is CC1(CNC(=O)CNC(=O)c2ccccn2)CCNCC1.Cl.Cl. The smallest absolute Gasteiger partial charge is 0.270 e. The van der Waals surface area contributed by atoms with Crippen LogP contribution in [0.2, 0.25) is 0 Å². The third-order valence-corrected chi connectivity index (χ3v) is 3.83. The Balaban J connectivity index is 0.00000242. The molecule has 2 heterocycles. The van der Waals surface area contributed by atoms with Crippen molar-refractivity contribution in [3.8, 4) is 0 Å². The maximum absolute atomic E-state index is 11.8. The second-order valence-corrected chi connectivity index (χ2v) is 5.74. The minimum atomic E-state index is -0.334. The second-order valence-electron chi connectivity index (χ2n) is 5.74. The first kappa shape index (κ1) is 21.6. The fourth-order valence-corrected chi connectivity index (χ4v) is 2.33. The van der Waals surface area contributed by atoms with Gasteiger partial charge in [0.1, 0.15) is 5.69 Å². The lowest BCUT2D eigenvalue weighted by Crippen LogP contribution is -2.45. The molecular weight excluding hydrogens is 339 g/mol. The molecule has 1 aliphatic rings. The van der Waals surface area contributed by atoms with Gasteiger partial charge in [-0.1, -0.05) is 13.0 Å². The zero-order valence-electron chi connectivity index (χ0n) is 13.1. The number of hydrogen-bond donors (Lipinski definition) is 3. The van der Waals surface area contributed by atoms with Crippen molar-refractivity contribution >= 4 is 36.6 Å². The maximum Gasteiger partial charge on any atom is 0.270 e. The largest absolute Gasteiger partial charge is 0.354 e. The van der Waals surface area contributed by atoms with Crippen LogP contribution in [0.1, 0.15) is 30.3 Å². The topological polar surface area (TPSA) is 83.1 Å². The normalized spacial score (nSPS) is 15.5. The Labute approximate surface area is 149 Å². The standard InChI is InChI=1S/C15H22N4O2.2ClH/c1-15(5-8-16-9-6-15)11-19-13(20)10-18-14(21)12-4-2-3-7-17-12;;/h2-4,7,16H,5-6,8-11H2,1H3,(H,18,21)(H,19,20);2*1H. The number of nitrogens with one attached hydrogen (secondary N) is 3. The van der Waals surface area contributed by atoms with Gasteiger partial charge in [-0.25, -0.2) is 0 Å². The summed E-state index contributed by atoms with van der Waals surface area (Å²) in [6.45, 7) is 4.78. The Morgan fingerprint density at radius 2 is 1.91 bits per heavy atom. The number of hydrogen-bond acceptors (Lipinski definition) is 4. The van der Waals surface area contributed by atoms with Gasteiger partial charge in [0.25, 0.3) is 5.91 Å². The highest BCUT2D eigenvalue weighted by molar-refractivity contribution is 5.94. The molecule has 0 aliphatic carbocycles. The number of piperidine rings is 1. The number of halogens is 2. The third-order valence-electron chi connectivity index (χ3n) is 3.83. The summed E-state index contributed by atoms with van der Waals surface area (Å²) >= 11 is 0. The fraction of sp³-hybridized carbons (Fsp3) is 0.533. The molecule has 0 spiro atoms. The van der Waals surface area contributed by atoms with Gasteiger partial charge in [0.15, 0.2) is 0 Å². The van der Waals surface area contributed by atoms with E-state index in [1.54, 1.807) is 24.4 Å². The predicted octanol–water partition coefficient (Wildman–Crippen LogP) is 1.16. The Morgan fingerprint density at radius 3 is 2.52 bits per heavy atom. The molecule has 8 heteroatoms. The van der Waals surface area contributed by atoms with Crippen molar-refractivity contribution in [2.45, 2.75) is 19.8 Å². The van der Waals surface area contributed by atoms with Gasteiger partial charge in [-0.2, -0.15) is 0 Å². The van der Waals surface area contributed by atoms with Gasteiger partial charge >= 0.3 is 0 Å². The third kappa shape index (κ3) is 7.16. The molecule has 0 radical (unpaired) electrons. The number of carbonyl (C=O) groups excluding carboxylic acids is 2. The summed E-state index contributed by atoms with van der Waals surface area (Å²) in [7, 11) is 0. The first-order valence-electron chi connectivity index (χ1n) is 7.26. The van der Waals surface area contributed by atoms with Crippen LogP contribution in [0.25, 0.3) is 0 Å². The quantitative estimate of drug-likeness (QED) is 0.733. The summed E-state index contributed by atoms with van der Waals surface area (Å²) in [6, 6.07) is 5.09. The van der Waals surface area contributed by atoms with Crippen LogP contribution in [-0.4, -0.2) is 43.0 Å². The van der Waals surface area contributed by atoms with E-state index in [4.69, 9.17) is 0 Å². The molecule has 0 saturated carbocycles. The summed E-state index contributed by atoms with van der Waals surface area (Å²) in [5.74, 6) is -0.502. The summed E-state index contributed by atoms with van der Waals surface area (Å²) in [6.07, 6.45) is 3.65. The number of pyridine rings is 1. The van der Waals surface area contributed by atoms with Gasteiger partial charge < -0.3 is 16.0 Å². The Kier molecular flexibility index (Phi) is 9.79. The summed E-state index contributed by atoms with van der Waals surface area (Å²) in [5, 5.41) is 8.78. The molecule has 2 rings (SSSR count). The van der Waals surface area contributed by atoms with Crippen molar-refractivity contribution in [3.05, 3.63) is 30.1 Å². The number of rotatable bonds is 5. The van der Waals surface area contributed by atoms with E-state index in [1.807, 2.05) is 0 Å². The molecule has 0 atom stereocenters. The average molecular weight is 363 g/mol. The summed E-state index contributed by atoms with van der Waals surface area (Å²) in [4.78, 5) is 27.5. The zero-order valence-corrected chi connectivity index (χ0v) is 14.8. The van der Waals surface area contributed by atoms with Gasteiger partial charge in [0.05, 0.1) is 6.54 Å². The van der Waals surface area contributed by atoms with Gasteiger partial charge in [0, 0.05) is 12.7 Å². The maximum atomic E-state index is 11.8. The lowest BCUT2D eigenvalue weighted by Gasteiger charge is -2.34. The van der Waals surface area contributed by atoms with E-state index in [0.29, 0.717) is 12.2 Å². The van der Waals surface area contributed by atoms with Crippen LogP contribution in [0.4, 0.5) is 0 Å². The zero-order chi connectivity index (χ0) is 15.1. The minimum Gasteiger partial charge on any atom is -0.354 e. The molecule has 1 saturated heterocycles. The van der Waals surface area contributed by atoms with Crippen molar-refractivity contribution < 1.29 is 9.59 Å². The van der Waals surface area contributed by atoms with Gasteiger partial charge in [-0.3, -0.25) is 14.6 Å². The molecule has 23 heavy (non-hydrogen) atoms. The van der Waals surface area contributed by atoms with Crippen LogP contribution in [0.5, 0.6) is 0 Å². The monoisotopic (exact) mass is 362 g/mol. The Hall–Kier alpha value is -1.37. The van der Waals surface area contributed by atoms with E-state index >= 15 is 0 Å². The van der Waals surface area contributed by atoms with E-state index in [9.17, 15) is 9.59 Å². The lowest BCUT2D eigenvalue weighted by atomic mass is 9.81. The van der Waals surface area contributed by atoms with Crippen LogP contribution >= 0.6 is 24.8 Å². The van der Waals surface area contributed by atoms with E-state index in [-0.39, 0.29) is 48.6 Å². The Morgan fingerprint density at radius 1 is 1.22 bits per heavy atom. The van der Waals surface area contributed by atoms with Crippen LogP contribution < -0.4 is 16.0 Å². The van der Waals surface area contributed by atoms with Crippen molar-refractivity contribution in [1.29, 1.82) is 0 Å². The minimum absolute atomic E-state index is 0.